The monoisotopic (exact) mass is 367 g/mol. The van der Waals surface area contributed by atoms with E-state index in [9.17, 15) is 9.59 Å². The van der Waals surface area contributed by atoms with Gasteiger partial charge in [0, 0.05) is 23.9 Å². The van der Waals surface area contributed by atoms with Crippen molar-refractivity contribution in [1.82, 2.24) is 4.98 Å². The summed E-state index contributed by atoms with van der Waals surface area (Å²) in [5, 5.41) is 6.26. The molecular weight excluding hydrogens is 350 g/mol. The quantitative estimate of drug-likeness (QED) is 0.713. The molecule has 2 aromatic carbocycles. The second-order valence-corrected chi connectivity index (χ2v) is 6.50. The molecule has 0 bridgehead atoms. The number of rotatable bonds is 5. The number of thiazole rings is 1. The number of benzene rings is 2. The summed E-state index contributed by atoms with van der Waals surface area (Å²) in [7, 11) is 1.61. The van der Waals surface area contributed by atoms with Crippen LogP contribution in [0.25, 0.3) is 10.6 Å². The lowest BCUT2D eigenvalue weighted by Gasteiger charge is -2.05. The minimum absolute atomic E-state index is 0.141. The summed E-state index contributed by atoms with van der Waals surface area (Å²) in [6.07, 6.45) is 1.56. The first-order valence-corrected chi connectivity index (χ1v) is 8.66. The van der Waals surface area contributed by atoms with Crippen molar-refractivity contribution in [2.24, 2.45) is 0 Å². The summed E-state index contributed by atoms with van der Waals surface area (Å²) in [5.41, 5.74) is 2.24. The smallest absolute Gasteiger partial charge is 0.267 e. The highest BCUT2D eigenvalue weighted by atomic mass is 32.1. The normalized spacial score (nSPS) is 10.2. The number of methoxy groups -OCH3 is 1. The van der Waals surface area contributed by atoms with Crippen LogP contribution in [0.5, 0.6) is 5.75 Å². The number of hydrogen-bond acceptors (Lipinski definition) is 5. The lowest BCUT2D eigenvalue weighted by molar-refractivity contribution is -0.114. The van der Waals surface area contributed by atoms with Gasteiger partial charge in [0.1, 0.15) is 15.6 Å². The molecule has 0 saturated heterocycles. The average molecular weight is 367 g/mol. The third kappa shape index (κ3) is 4.25. The first-order valence-electron chi connectivity index (χ1n) is 7.84. The average Bonchev–Trinajstić information content (AvgIpc) is 3.13. The molecule has 0 radical (unpaired) electrons. The molecule has 26 heavy (non-hydrogen) atoms. The van der Waals surface area contributed by atoms with Gasteiger partial charge in [0.05, 0.1) is 13.3 Å². The standard InChI is InChI=1S/C19H17N3O3S/c1-12(23)21-14-5-7-15(8-6-14)22-18(24)17-11-20-19(26-17)13-3-9-16(25-2)10-4-13/h3-11H,1-2H3,(H,21,23)(H,22,24). The third-order valence-corrected chi connectivity index (χ3v) is 4.57. The second kappa shape index (κ2) is 7.79. The zero-order valence-corrected chi connectivity index (χ0v) is 15.1. The second-order valence-electron chi connectivity index (χ2n) is 5.47. The van der Waals surface area contributed by atoms with E-state index in [4.69, 9.17) is 4.74 Å². The molecule has 6 nitrogen and oxygen atoms in total. The Morgan fingerprint density at radius 1 is 0.962 bits per heavy atom. The molecule has 2 N–H and O–H groups in total. The van der Waals surface area contributed by atoms with Crippen molar-refractivity contribution < 1.29 is 14.3 Å². The fraction of sp³-hybridized carbons (Fsp3) is 0.105. The van der Waals surface area contributed by atoms with E-state index in [1.165, 1.54) is 18.3 Å². The van der Waals surface area contributed by atoms with Gasteiger partial charge in [0.15, 0.2) is 0 Å². The summed E-state index contributed by atoms with van der Waals surface area (Å²) in [6.45, 7) is 1.44. The Morgan fingerprint density at radius 2 is 1.58 bits per heavy atom. The predicted octanol–water partition coefficient (Wildman–Crippen LogP) is 4.03. The van der Waals surface area contributed by atoms with Crippen LogP contribution in [0.3, 0.4) is 0 Å². The van der Waals surface area contributed by atoms with E-state index in [-0.39, 0.29) is 11.8 Å². The van der Waals surface area contributed by atoms with Crippen molar-refractivity contribution in [1.29, 1.82) is 0 Å². The van der Waals surface area contributed by atoms with Crippen LogP contribution in [-0.4, -0.2) is 23.9 Å². The molecule has 0 aliphatic rings. The highest BCUT2D eigenvalue weighted by Gasteiger charge is 2.12. The van der Waals surface area contributed by atoms with Gasteiger partial charge in [-0.15, -0.1) is 11.3 Å². The summed E-state index contributed by atoms with van der Waals surface area (Å²) in [6, 6.07) is 14.4. The van der Waals surface area contributed by atoms with Crippen LogP contribution in [0.1, 0.15) is 16.6 Å². The Bertz CT molecular complexity index is 918. The number of aromatic nitrogens is 1. The summed E-state index contributed by atoms with van der Waals surface area (Å²) >= 11 is 1.32. The van der Waals surface area contributed by atoms with Gasteiger partial charge < -0.3 is 15.4 Å². The number of ether oxygens (including phenoxy) is 1. The molecule has 0 aliphatic heterocycles. The Kier molecular flexibility index (Phi) is 5.28. The molecule has 0 saturated carbocycles. The molecule has 0 atom stereocenters. The fourth-order valence-corrected chi connectivity index (χ4v) is 3.10. The van der Waals surface area contributed by atoms with Crippen LogP contribution in [0.2, 0.25) is 0 Å². The van der Waals surface area contributed by atoms with Gasteiger partial charge in [0.2, 0.25) is 5.91 Å². The zero-order valence-electron chi connectivity index (χ0n) is 14.3. The van der Waals surface area contributed by atoms with Gasteiger partial charge in [-0.1, -0.05) is 0 Å². The number of hydrogen-bond donors (Lipinski definition) is 2. The number of nitrogens with zero attached hydrogens (tertiary/aromatic N) is 1. The molecule has 3 aromatic rings. The lowest BCUT2D eigenvalue weighted by atomic mass is 10.2. The molecule has 0 aliphatic carbocycles. The van der Waals surface area contributed by atoms with Gasteiger partial charge in [-0.25, -0.2) is 4.98 Å². The van der Waals surface area contributed by atoms with Crippen molar-refractivity contribution in [3.05, 3.63) is 59.6 Å². The van der Waals surface area contributed by atoms with Crippen LogP contribution < -0.4 is 15.4 Å². The lowest BCUT2D eigenvalue weighted by Crippen LogP contribution is -2.10. The Hall–Kier alpha value is -3.19. The van der Waals surface area contributed by atoms with Crippen molar-refractivity contribution in [3.8, 4) is 16.3 Å². The van der Waals surface area contributed by atoms with E-state index < -0.39 is 0 Å². The topological polar surface area (TPSA) is 80.3 Å². The maximum atomic E-state index is 12.4. The molecule has 0 fully saturated rings. The van der Waals surface area contributed by atoms with Crippen LogP contribution in [-0.2, 0) is 4.79 Å². The van der Waals surface area contributed by atoms with Crippen LogP contribution >= 0.6 is 11.3 Å². The molecule has 3 rings (SSSR count). The largest absolute Gasteiger partial charge is 0.497 e. The number of nitrogens with one attached hydrogen (secondary N) is 2. The molecule has 132 valence electrons. The van der Waals surface area contributed by atoms with Gasteiger partial charge in [-0.05, 0) is 48.5 Å². The first kappa shape index (κ1) is 17.6. The van der Waals surface area contributed by atoms with Crippen molar-refractivity contribution in [2.75, 3.05) is 17.7 Å². The number of anilines is 2. The van der Waals surface area contributed by atoms with Gasteiger partial charge in [-0.3, -0.25) is 9.59 Å². The molecule has 7 heteroatoms. The highest BCUT2D eigenvalue weighted by Crippen LogP contribution is 2.27. The third-order valence-electron chi connectivity index (χ3n) is 3.53. The maximum Gasteiger partial charge on any atom is 0.267 e. The number of carbonyl (C=O) groups is 2. The van der Waals surface area contributed by atoms with Crippen LogP contribution in [0, 0.1) is 0 Å². The molecule has 2 amide bonds. The van der Waals surface area contributed by atoms with Gasteiger partial charge in [-0.2, -0.15) is 0 Å². The minimum Gasteiger partial charge on any atom is -0.497 e. The fourth-order valence-electron chi connectivity index (χ4n) is 2.28. The Labute approximate surface area is 154 Å². The van der Waals surface area contributed by atoms with Crippen molar-refractivity contribution >= 4 is 34.5 Å². The number of carbonyl (C=O) groups excluding carboxylic acids is 2. The van der Waals surface area contributed by atoms with E-state index in [0.717, 1.165) is 16.3 Å². The predicted molar refractivity (Wildman–Crippen MR) is 103 cm³/mol. The summed E-state index contributed by atoms with van der Waals surface area (Å²) < 4.78 is 5.14. The van der Waals surface area contributed by atoms with Gasteiger partial charge in [0.25, 0.3) is 5.91 Å². The molecule has 1 heterocycles. The summed E-state index contributed by atoms with van der Waals surface area (Å²) in [4.78, 5) is 28.3. The molecular formula is C19H17N3O3S. The van der Waals surface area contributed by atoms with E-state index in [2.05, 4.69) is 15.6 Å². The zero-order chi connectivity index (χ0) is 18.5. The Balaban J connectivity index is 1.68. The first-order chi connectivity index (χ1) is 12.5. The van der Waals surface area contributed by atoms with E-state index in [1.54, 1.807) is 37.6 Å². The van der Waals surface area contributed by atoms with Crippen LogP contribution in [0.15, 0.2) is 54.7 Å². The van der Waals surface area contributed by atoms with Crippen molar-refractivity contribution in [2.45, 2.75) is 6.92 Å². The van der Waals surface area contributed by atoms with Gasteiger partial charge >= 0.3 is 0 Å². The SMILES string of the molecule is COc1ccc(-c2ncc(C(=O)Nc3ccc(NC(C)=O)cc3)s2)cc1. The van der Waals surface area contributed by atoms with E-state index in [1.807, 2.05) is 24.3 Å². The maximum absolute atomic E-state index is 12.4. The molecule has 0 spiro atoms. The Morgan fingerprint density at radius 3 is 2.15 bits per heavy atom. The van der Waals surface area contributed by atoms with E-state index in [0.29, 0.717) is 16.3 Å². The van der Waals surface area contributed by atoms with E-state index >= 15 is 0 Å². The van der Waals surface area contributed by atoms with Crippen molar-refractivity contribution in [3.63, 3.8) is 0 Å². The minimum atomic E-state index is -0.227. The number of amides is 2. The molecule has 0 unspecified atom stereocenters. The summed E-state index contributed by atoms with van der Waals surface area (Å²) in [5.74, 6) is 0.401. The highest BCUT2D eigenvalue weighted by molar-refractivity contribution is 7.17. The van der Waals surface area contributed by atoms with Crippen LogP contribution in [0.4, 0.5) is 11.4 Å². The molecule has 1 aromatic heterocycles.